The van der Waals surface area contributed by atoms with E-state index in [1.807, 2.05) is 37.3 Å². The molecule has 6 heteroatoms. The monoisotopic (exact) mass is 316 g/mol. The van der Waals surface area contributed by atoms with Crippen molar-refractivity contribution in [1.29, 1.82) is 0 Å². The standard InChI is InChI=1S/C17H24N4O2/c1-3-13(2)21-16(9-10-19-21)20-17(23)18-12-15(22)11-14-7-5-4-6-8-14/h4-10,13,15,22H,3,11-12H2,1-2H3,(H2,18,20,23). The molecule has 0 fully saturated rings. The summed E-state index contributed by atoms with van der Waals surface area (Å²) in [6.45, 7) is 4.30. The number of carbonyl (C=O) groups excluding carboxylic acids is 1. The number of amides is 2. The van der Waals surface area contributed by atoms with E-state index < -0.39 is 6.10 Å². The summed E-state index contributed by atoms with van der Waals surface area (Å²) >= 11 is 0. The van der Waals surface area contributed by atoms with Crippen LogP contribution in [0.4, 0.5) is 10.6 Å². The molecule has 2 rings (SSSR count). The van der Waals surface area contributed by atoms with Crippen molar-refractivity contribution in [3.63, 3.8) is 0 Å². The Labute approximate surface area is 136 Å². The van der Waals surface area contributed by atoms with Crippen LogP contribution in [-0.2, 0) is 6.42 Å². The number of anilines is 1. The van der Waals surface area contributed by atoms with Crippen molar-refractivity contribution in [3.05, 3.63) is 48.2 Å². The molecule has 0 saturated heterocycles. The van der Waals surface area contributed by atoms with Crippen LogP contribution in [0.1, 0.15) is 31.9 Å². The maximum Gasteiger partial charge on any atom is 0.320 e. The third-order valence-electron chi connectivity index (χ3n) is 3.73. The molecule has 0 spiro atoms. The molecule has 0 saturated carbocycles. The lowest BCUT2D eigenvalue weighted by Crippen LogP contribution is -2.36. The average Bonchev–Trinajstić information content (AvgIpc) is 3.01. The Morgan fingerprint density at radius 2 is 2.04 bits per heavy atom. The largest absolute Gasteiger partial charge is 0.391 e. The Hall–Kier alpha value is -2.34. The minimum Gasteiger partial charge on any atom is -0.391 e. The molecular weight excluding hydrogens is 292 g/mol. The van der Waals surface area contributed by atoms with Crippen molar-refractivity contribution in [1.82, 2.24) is 15.1 Å². The Morgan fingerprint density at radius 1 is 1.30 bits per heavy atom. The van der Waals surface area contributed by atoms with Gasteiger partial charge in [0.05, 0.1) is 18.3 Å². The van der Waals surface area contributed by atoms with Crippen molar-refractivity contribution in [2.24, 2.45) is 0 Å². The van der Waals surface area contributed by atoms with Crippen LogP contribution in [0, 0.1) is 0 Å². The summed E-state index contributed by atoms with van der Waals surface area (Å²) in [6.07, 6.45) is 2.47. The smallest absolute Gasteiger partial charge is 0.320 e. The summed E-state index contributed by atoms with van der Waals surface area (Å²) in [4.78, 5) is 12.0. The van der Waals surface area contributed by atoms with E-state index in [0.29, 0.717) is 12.2 Å². The van der Waals surface area contributed by atoms with Gasteiger partial charge < -0.3 is 10.4 Å². The highest BCUT2D eigenvalue weighted by Crippen LogP contribution is 2.16. The van der Waals surface area contributed by atoms with Gasteiger partial charge in [-0.1, -0.05) is 37.3 Å². The Kier molecular flexibility index (Phi) is 6.17. The van der Waals surface area contributed by atoms with Gasteiger partial charge in [0, 0.05) is 19.0 Å². The molecule has 0 aliphatic rings. The molecule has 124 valence electrons. The van der Waals surface area contributed by atoms with Gasteiger partial charge in [-0.2, -0.15) is 5.10 Å². The second-order valence-electron chi connectivity index (χ2n) is 5.60. The number of aliphatic hydroxyl groups is 1. The summed E-state index contributed by atoms with van der Waals surface area (Å²) in [5.74, 6) is 0.648. The molecule has 0 bridgehead atoms. The van der Waals surface area contributed by atoms with Gasteiger partial charge >= 0.3 is 6.03 Å². The second kappa shape index (κ2) is 8.33. The number of nitrogens with zero attached hydrogens (tertiary/aromatic N) is 2. The normalized spacial score (nSPS) is 13.3. The SMILES string of the molecule is CCC(C)n1nccc1NC(=O)NCC(O)Cc1ccccc1. The number of hydrogen-bond acceptors (Lipinski definition) is 3. The zero-order valence-electron chi connectivity index (χ0n) is 13.6. The average molecular weight is 316 g/mol. The number of urea groups is 1. The molecule has 2 aromatic rings. The number of aliphatic hydroxyl groups excluding tert-OH is 1. The first-order chi connectivity index (χ1) is 11.1. The summed E-state index contributed by atoms with van der Waals surface area (Å²) in [6, 6.07) is 11.3. The summed E-state index contributed by atoms with van der Waals surface area (Å²) in [5, 5.41) is 19.7. The van der Waals surface area contributed by atoms with E-state index in [9.17, 15) is 9.90 Å². The minimum absolute atomic E-state index is 0.193. The molecule has 1 heterocycles. The molecule has 3 N–H and O–H groups in total. The van der Waals surface area contributed by atoms with Gasteiger partial charge in [0.1, 0.15) is 5.82 Å². The van der Waals surface area contributed by atoms with E-state index in [2.05, 4.69) is 22.7 Å². The van der Waals surface area contributed by atoms with Crippen molar-refractivity contribution < 1.29 is 9.90 Å². The lowest BCUT2D eigenvalue weighted by atomic mass is 10.1. The molecule has 2 atom stereocenters. The van der Waals surface area contributed by atoms with E-state index in [-0.39, 0.29) is 18.6 Å². The van der Waals surface area contributed by atoms with E-state index >= 15 is 0 Å². The first kappa shape index (κ1) is 17.0. The highest BCUT2D eigenvalue weighted by Gasteiger charge is 2.12. The predicted molar refractivity (Wildman–Crippen MR) is 90.4 cm³/mol. The van der Waals surface area contributed by atoms with E-state index in [1.165, 1.54) is 0 Å². The topological polar surface area (TPSA) is 79.2 Å². The summed E-state index contributed by atoms with van der Waals surface area (Å²) < 4.78 is 1.78. The molecule has 1 aromatic heterocycles. The maximum absolute atomic E-state index is 12.0. The van der Waals surface area contributed by atoms with Crippen molar-refractivity contribution >= 4 is 11.8 Å². The first-order valence-electron chi connectivity index (χ1n) is 7.90. The van der Waals surface area contributed by atoms with E-state index in [0.717, 1.165) is 12.0 Å². The zero-order chi connectivity index (χ0) is 16.7. The molecule has 6 nitrogen and oxygen atoms in total. The Balaban J connectivity index is 1.80. The molecule has 0 aliphatic heterocycles. The fourth-order valence-corrected chi connectivity index (χ4v) is 2.27. The molecular formula is C17H24N4O2. The fourth-order valence-electron chi connectivity index (χ4n) is 2.27. The van der Waals surface area contributed by atoms with Crippen LogP contribution < -0.4 is 10.6 Å². The van der Waals surface area contributed by atoms with Crippen LogP contribution in [0.2, 0.25) is 0 Å². The third kappa shape index (κ3) is 5.10. The van der Waals surface area contributed by atoms with Gasteiger partial charge in [-0.25, -0.2) is 9.48 Å². The number of benzene rings is 1. The van der Waals surface area contributed by atoms with Crippen molar-refractivity contribution in [2.45, 2.75) is 38.8 Å². The predicted octanol–water partition coefficient (Wildman–Crippen LogP) is 2.58. The van der Waals surface area contributed by atoms with Crippen molar-refractivity contribution in [3.8, 4) is 0 Å². The lowest BCUT2D eigenvalue weighted by molar-refractivity contribution is 0.172. The number of rotatable bonds is 7. The van der Waals surface area contributed by atoms with E-state index in [4.69, 9.17) is 0 Å². The van der Waals surface area contributed by atoms with Gasteiger partial charge in [-0.15, -0.1) is 0 Å². The molecule has 0 aliphatic carbocycles. The van der Waals surface area contributed by atoms with Crippen LogP contribution >= 0.6 is 0 Å². The molecule has 1 aromatic carbocycles. The van der Waals surface area contributed by atoms with Crippen LogP contribution in [-0.4, -0.2) is 33.6 Å². The van der Waals surface area contributed by atoms with Gasteiger partial charge in [0.2, 0.25) is 0 Å². The number of hydrogen-bond donors (Lipinski definition) is 3. The first-order valence-corrected chi connectivity index (χ1v) is 7.90. The Bertz CT molecular complexity index is 612. The summed E-state index contributed by atoms with van der Waals surface area (Å²) in [7, 11) is 0. The quantitative estimate of drug-likeness (QED) is 0.734. The van der Waals surface area contributed by atoms with E-state index in [1.54, 1.807) is 16.9 Å². The number of aromatic nitrogens is 2. The summed E-state index contributed by atoms with van der Waals surface area (Å²) in [5.41, 5.74) is 1.04. The van der Waals surface area contributed by atoms with Gasteiger partial charge in [0.25, 0.3) is 0 Å². The fraction of sp³-hybridized carbons (Fsp3) is 0.412. The highest BCUT2D eigenvalue weighted by atomic mass is 16.3. The third-order valence-corrected chi connectivity index (χ3v) is 3.73. The molecule has 23 heavy (non-hydrogen) atoms. The molecule has 0 radical (unpaired) electrons. The molecule has 2 unspecified atom stereocenters. The van der Waals surface area contributed by atoms with Gasteiger partial charge in [-0.3, -0.25) is 5.32 Å². The minimum atomic E-state index is -0.623. The van der Waals surface area contributed by atoms with Gasteiger partial charge in [0.15, 0.2) is 0 Å². The molecule has 2 amide bonds. The van der Waals surface area contributed by atoms with Crippen molar-refractivity contribution in [2.75, 3.05) is 11.9 Å². The number of nitrogens with one attached hydrogen (secondary N) is 2. The lowest BCUT2D eigenvalue weighted by Gasteiger charge is -2.16. The second-order valence-corrected chi connectivity index (χ2v) is 5.60. The maximum atomic E-state index is 12.0. The van der Waals surface area contributed by atoms with Crippen LogP contribution in [0.25, 0.3) is 0 Å². The number of carbonyl (C=O) groups is 1. The van der Waals surface area contributed by atoms with Crippen LogP contribution in [0.5, 0.6) is 0 Å². The Morgan fingerprint density at radius 3 is 2.74 bits per heavy atom. The zero-order valence-corrected chi connectivity index (χ0v) is 13.6. The van der Waals surface area contributed by atoms with Crippen LogP contribution in [0.3, 0.4) is 0 Å². The highest BCUT2D eigenvalue weighted by molar-refractivity contribution is 5.88. The van der Waals surface area contributed by atoms with Crippen LogP contribution in [0.15, 0.2) is 42.6 Å². The van der Waals surface area contributed by atoms with Gasteiger partial charge in [-0.05, 0) is 18.9 Å².